The topological polar surface area (TPSA) is 29.1 Å². The summed E-state index contributed by atoms with van der Waals surface area (Å²) in [7, 11) is 0. The summed E-state index contributed by atoms with van der Waals surface area (Å²) >= 11 is 5.81. The van der Waals surface area contributed by atoms with Crippen LogP contribution in [0.5, 0.6) is 0 Å². The Morgan fingerprint density at radius 3 is 2.37 bits per heavy atom. The van der Waals surface area contributed by atoms with Crippen molar-refractivity contribution in [2.24, 2.45) is 5.92 Å². The molecular formula is C16H16ClNO. The molecule has 0 aromatic heterocycles. The minimum Gasteiger partial charge on any atom is -0.326 e. The van der Waals surface area contributed by atoms with E-state index in [1.165, 1.54) is 5.56 Å². The molecule has 0 heterocycles. The number of nitrogens with one attached hydrogen (secondary N) is 1. The number of rotatable bonds is 4. The van der Waals surface area contributed by atoms with Crippen LogP contribution in [0.1, 0.15) is 12.5 Å². The molecule has 0 radical (unpaired) electrons. The minimum atomic E-state index is -0.0712. The Hall–Kier alpha value is -1.80. The van der Waals surface area contributed by atoms with Crippen LogP contribution in [0.2, 0.25) is 5.02 Å². The maximum absolute atomic E-state index is 12.1. The highest BCUT2D eigenvalue weighted by Crippen LogP contribution is 2.15. The van der Waals surface area contributed by atoms with Gasteiger partial charge >= 0.3 is 0 Å². The second kappa shape index (κ2) is 6.39. The molecule has 0 saturated carbocycles. The maximum atomic E-state index is 12.1. The van der Waals surface area contributed by atoms with E-state index in [4.69, 9.17) is 11.6 Å². The van der Waals surface area contributed by atoms with E-state index in [-0.39, 0.29) is 11.8 Å². The lowest BCUT2D eigenvalue weighted by molar-refractivity contribution is -0.119. The predicted molar refractivity (Wildman–Crippen MR) is 79.4 cm³/mol. The van der Waals surface area contributed by atoms with Gasteiger partial charge in [0, 0.05) is 16.6 Å². The highest BCUT2D eigenvalue weighted by atomic mass is 35.5. The van der Waals surface area contributed by atoms with Crippen LogP contribution >= 0.6 is 11.6 Å². The van der Waals surface area contributed by atoms with Gasteiger partial charge in [0.05, 0.1) is 0 Å². The normalized spacial score (nSPS) is 11.9. The van der Waals surface area contributed by atoms with Gasteiger partial charge in [0.2, 0.25) is 5.91 Å². The zero-order valence-corrected chi connectivity index (χ0v) is 11.5. The highest BCUT2D eigenvalue weighted by Gasteiger charge is 2.13. The molecule has 1 amide bonds. The Kier molecular flexibility index (Phi) is 4.58. The minimum absolute atomic E-state index is 0.0196. The van der Waals surface area contributed by atoms with E-state index < -0.39 is 0 Å². The van der Waals surface area contributed by atoms with Crippen molar-refractivity contribution in [1.29, 1.82) is 0 Å². The average Bonchev–Trinajstić information content (AvgIpc) is 2.42. The van der Waals surface area contributed by atoms with Gasteiger partial charge in [-0.2, -0.15) is 0 Å². The van der Waals surface area contributed by atoms with E-state index >= 15 is 0 Å². The molecule has 0 bridgehead atoms. The van der Waals surface area contributed by atoms with Crippen LogP contribution in [0.4, 0.5) is 5.69 Å². The molecule has 0 aliphatic heterocycles. The van der Waals surface area contributed by atoms with E-state index in [2.05, 4.69) is 5.32 Å². The molecule has 2 aromatic rings. The first-order valence-corrected chi connectivity index (χ1v) is 6.63. The summed E-state index contributed by atoms with van der Waals surface area (Å²) in [6, 6.07) is 17.1. The Morgan fingerprint density at radius 1 is 1.11 bits per heavy atom. The first-order valence-electron chi connectivity index (χ1n) is 6.25. The fourth-order valence-electron chi connectivity index (χ4n) is 1.86. The summed E-state index contributed by atoms with van der Waals surface area (Å²) in [6.45, 7) is 1.93. The standard InChI is InChI=1S/C16H16ClNO/c1-12(11-13-5-3-2-4-6-13)16(19)18-15-9-7-14(17)8-10-15/h2-10,12H,11H2,1H3,(H,18,19)/t12-/m0/s1. The zero-order valence-electron chi connectivity index (χ0n) is 10.8. The van der Waals surface area contributed by atoms with E-state index in [0.29, 0.717) is 5.02 Å². The molecule has 0 aliphatic rings. The fourth-order valence-corrected chi connectivity index (χ4v) is 1.99. The summed E-state index contributed by atoms with van der Waals surface area (Å²) in [5.74, 6) is -0.0516. The maximum Gasteiger partial charge on any atom is 0.227 e. The molecule has 2 rings (SSSR count). The van der Waals surface area contributed by atoms with E-state index in [9.17, 15) is 4.79 Å². The number of carbonyl (C=O) groups is 1. The average molecular weight is 274 g/mol. The fraction of sp³-hybridized carbons (Fsp3) is 0.188. The molecule has 1 N–H and O–H groups in total. The van der Waals surface area contributed by atoms with E-state index in [1.54, 1.807) is 24.3 Å². The van der Waals surface area contributed by atoms with Gasteiger partial charge in [0.15, 0.2) is 0 Å². The third kappa shape index (κ3) is 4.11. The third-order valence-electron chi connectivity index (χ3n) is 2.94. The molecule has 0 fully saturated rings. The van der Waals surface area contributed by atoms with Crippen molar-refractivity contribution in [2.45, 2.75) is 13.3 Å². The van der Waals surface area contributed by atoms with Crippen molar-refractivity contribution in [2.75, 3.05) is 5.32 Å². The first-order chi connectivity index (χ1) is 9.15. The molecule has 0 aliphatic carbocycles. The molecule has 1 atom stereocenters. The van der Waals surface area contributed by atoms with E-state index in [1.807, 2.05) is 37.3 Å². The SMILES string of the molecule is C[C@@H](Cc1ccccc1)C(=O)Nc1ccc(Cl)cc1. The Balaban J connectivity index is 1.94. The summed E-state index contributed by atoms with van der Waals surface area (Å²) < 4.78 is 0. The van der Waals surface area contributed by atoms with Gasteiger partial charge in [-0.1, -0.05) is 48.9 Å². The molecule has 98 valence electrons. The van der Waals surface area contributed by atoms with Gasteiger partial charge in [-0.25, -0.2) is 0 Å². The lowest BCUT2D eigenvalue weighted by Crippen LogP contribution is -2.22. The summed E-state index contributed by atoms with van der Waals surface area (Å²) in [4.78, 5) is 12.1. The van der Waals surface area contributed by atoms with Crippen molar-refractivity contribution in [3.05, 3.63) is 65.2 Å². The van der Waals surface area contributed by atoms with Crippen molar-refractivity contribution in [3.63, 3.8) is 0 Å². The van der Waals surface area contributed by atoms with E-state index in [0.717, 1.165) is 12.1 Å². The van der Waals surface area contributed by atoms with Crippen LogP contribution in [-0.4, -0.2) is 5.91 Å². The van der Waals surface area contributed by atoms with Crippen LogP contribution in [0.25, 0.3) is 0 Å². The summed E-state index contributed by atoms with van der Waals surface area (Å²) in [6.07, 6.45) is 0.736. The van der Waals surface area contributed by atoms with Gasteiger partial charge in [0.25, 0.3) is 0 Å². The van der Waals surface area contributed by atoms with Crippen molar-refractivity contribution >= 4 is 23.2 Å². The lowest BCUT2D eigenvalue weighted by Gasteiger charge is -2.12. The second-order valence-corrected chi connectivity index (χ2v) is 5.02. The van der Waals surface area contributed by atoms with Gasteiger partial charge in [0.1, 0.15) is 0 Å². The zero-order chi connectivity index (χ0) is 13.7. The lowest BCUT2D eigenvalue weighted by atomic mass is 10.0. The molecule has 19 heavy (non-hydrogen) atoms. The molecule has 3 heteroatoms. The quantitative estimate of drug-likeness (QED) is 0.890. The molecule has 2 aromatic carbocycles. The number of carbonyl (C=O) groups excluding carboxylic acids is 1. The molecular weight excluding hydrogens is 258 g/mol. The molecule has 0 saturated heterocycles. The number of hydrogen-bond acceptors (Lipinski definition) is 1. The van der Waals surface area contributed by atoms with Crippen molar-refractivity contribution in [1.82, 2.24) is 0 Å². The number of amides is 1. The largest absolute Gasteiger partial charge is 0.326 e. The third-order valence-corrected chi connectivity index (χ3v) is 3.20. The number of benzene rings is 2. The number of halogens is 1. The Bertz CT molecular complexity index is 536. The van der Waals surface area contributed by atoms with Gasteiger partial charge in [-0.15, -0.1) is 0 Å². The van der Waals surface area contributed by atoms with Crippen LogP contribution in [0.15, 0.2) is 54.6 Å². The smallest absolute Gasteiger partial charge is 0.227 e. The first kappa shape index (κ1) is 13.6. The monoisotopic (exact) mass is 273 g/mol. The highest BCUT2D eigenvalue weighted by molar-refractivity contribution is 6.30. The molecule has 2 nitrogen and oxygen atoms in total. The number of anilines is 1. The van der Waals surface area contributed by atoms with Crippen LogP contribution in [-0.2, 0) is 11.2 Å². The summed E-state index contributed by atoms with van der Waals surface area (Å²) in [5, 5.41) is 3.55. The molecule has 0 unspecified atom stereocenters. The Morgan fingerprint density at radius 2 is 1.74 bits per heavy atom. The van der Waals surface area contributed by atoms with Crippen LogP contribution < -0.4 is 5.32 Å². The summed E-state index contributed by atoms with van der Waals surface area (Å²) in [5.41, 5.74) is 1.94. The number of hydrogen-bond donors (Lipinski definition) is 1. The predicted octanol–water partition coefficient (Wildman–Crippen LogP) is 4.16. The van der Waals surface area contributed by atoms with Crippen LogP contribution in [0, 0.1) is 5.92 Å². The van der Waals surface area contributed by atoms with Crippen LogP contribution in [0.3, 0.4) is 0 Å². The molecule has 0 spiro atoms. The van der Waals surface area contributed by atoms with Gasteiger partial charge < -0.3 is 5.32 Å². The van der Waals surface area contributed by atoms with Gasteiger partial charge in [-0.05, 0) is 36.2 Å². The second-order valence-electron chi connectivity index (χ2n) is 4.59. The van der Waals surface area contributed by atoms with Gasteiger partial charge in [-0.3, -0.25) is 4.79 Å². The van der Waals surface area contributed by atoms with Crippen molar-refractivity contribution < 1.29 is 4.79 Å². The van der Waals surface area contributed by atoms with Crippen molar-refractivity contribution in [3.8, 4) is 0 Å². The Labute approximate surface area is 118 Å².